The molecule has 1 aromatic rings. The highest BCUT2D eigenvalue weighted by atomic mass is 15.2. The van der Waals surface area contributed by atoms with Crippen LogP contribution >= 0.6 is 0 Å². The minimum absolute atomic E-state index is 0.587. The van der Waals surface area contributed by atoms with E-state index < -0.39 is 0 Å². The van der Waals surface area contributed by atoms with Crippen LogP contribution in [-0.4, -0.2) is 18.1 Å². The van der Waals surface area contributed by atoms with Crippen LogP contribution in [0, 0.1) is 19.8 Å². The first-order chi connectivity index (χ1) is 9.65. The van der Waals surface area contributed by atoms with Gasteiger partial charge in [0, 0.05) is 30.9 Å². The second kappa shape index (κ2) is 7.07. The summed E-state index contributed by atoms with van der Waals surface area (Å²) in [6, 6.07) is 2.14. The van der Waals surface area contributed by atoms with Crippen molar-refractivity contribution in [2.45, 2.75) is 59.4 Å². The maximum atomic E-state index is 5.96. The van der Waals surface area contributed by atoms with Gasteiger partial charge in [0.15, 0.2) is 0 Å². The third-order valence-corrected chi connectivity index (χ3v) is 4.50. The van der Waals surface area contributed by atoms with E-state index in [1.165, 1.54) is 43.2 Å². The van der Waals surface area contributed by atoms with E-state index in [1.807, 2.05) is 0 Å². The number of anilines is 1. The van der Waals surface area contributed by atoms with Crippen LogP contribution < -0.4 is 10.6 Å². The molecule has 1 saturated heterocycles. The zero-order valence-corrected chi connectivity index (χ0v) is 13.3. The molecule has 1 unspecified atom stereocenters. The molecule has 0 bridgehead atoms. The van der Waals surface area contributed by atoms with Crippen molar-refractivity contribution in [2.24, 2.45) is 11.7 Å². The number of pyridine rings is 1. The zero-order valence-electron chi connectivity index (χ0n) is 13.3. The van der Waals surface area contributed by atoms with Crippen LogP contribution in [0.25, 0.3) is 0 Å². The van der Waals surface area contributed by atoms with Crippen molar-refractivity contribution >= 4 is 5.82 Å². The maximum Gasteiger partial charge on any atom is 0.133 e. The second-order valence-electron chi connectivity index (χ2n) is 6.16. The second-order valence-corrected chi connectivity index (χ2v) is 6.16. The molecule has 2 N–H and O–H groups in total. The van der Waals surface area contributed by atoms with Crippen molar-refractivity contribution < 1.29 is 0 Å². The van der Waals surface area contributed by atoms with E-state index in [2.05, 4.69) is 31.7 Å². The van der Waals surface area contributed by atoms with Crippen LogP contribution in [0.2, 0.25) is 0 Å². The van der Waals surface area contributed by atoms with Gasteiger partial charge in [-0.3, -0.25) is 0 Å². The molecular formula is C17H29N3. The number of hydrogen-bond acceptors (Lipinski definition) is 3. The predicted molar refractivity (Wildman–Crippen MR) is 86.1 cm³/mol. The van der Waals surface area contributed by atoms with Crippen LogP contribution in [0.5, 0.6) is 0 Å². The van der Waals surface area contributed by atoms with Crippen LogP contribution in [0.15, 0.2) is 6.07 Å². The first-order valence-electron chi connectivity index (χ1n) is 8.07. The van der Waals surface area contributed by atoms with Gasteiger partial charge in [0.05, 0.1) is 0 Å². The normalized spacial score (nSPS) is 20.0. The Bertz CT molecular complexity index is 442. The molecule has 1 aromatic heterocycles. The smallest absolute Gasteiger partial charge is 0.133 e. The summed E-state index contributed by atoms with van der Waals surface area (Å²) in [5.74, 6) is 2.04. The molecule has 3 heteroatoms. The van der Waals surface area contributed by atoms with E-state index in [9.17, 15) is 0 Å². The van der Waals surface area contributed by atoms with Gasteiger partial charge >= 0.3 is 0 Å². The Morgan fingerprint density at radius 3 is 2.80 bits per heavy atom. The Kier molecular flexibility index (Phi) is 5.41. The van der Waals surface area contributed by atoms with Gasteiger partial charge in [-0.15, -0.1) is 0 Å². The van der Waals surface area contributed by atoms with Crippen LogP contribution in [-0.2, 0) is 6.54 Å². The van der Waals surface area contributed by atoms with Crippen molar-refractivity contribution in [3.63, 3.8) is 0 Å². The molecule has 2 rings (SSSR count). The Morgan fingerprint density at radius 2 is 2.10 bits per heavy atom. The van der Waals surface area contributed by atoms with Gasteiger partial charge in [-0.25, -0.2) is 4.98 Å². The summed E-state index contributed by atoms with van der Waals surface area (Å²) >= 11 is 0. The fourth-order valence-corrected chi connectivity index (χ4v) is 3.43. The Hall–Kier alpha value is -1.09. The van der Waals surface area contributed by atoms with Gasteiger partial charge in [-0.05, 0) is 50.7 Å². The molecule has 0 spiro atoms. The summed E-state index contributed by atoms with van der Waals surface area (Å²) in [6.45, 7) is 9.37. The van der Waals surface area contributed by atoms with Crippen molar-refractivity contribution in [2.75, 3.05) is 18.0 Å². The highest BCUT2D eigenvalue weighted by Gasteiger charge is 2.20. The molecule has 3 nitrogen and oxygen atoms in total. The molecule has 0 aliphatic carbocycles. The molecule has 2 heterocycles. The summed E-state index contributed by atoms with van der Waals surface area (Å²) in [5, 5.41) is 0. The number of hydrogen-bond donors (Lipinski definition) is 1. The van der Waals surface area contributed by atoms with Crippen molar-refractivity contribution in [3.05, 3.63) is 22.9 Å². The molecular weight excluding hydrogens is 246 g/mol. The van der Waals surface area contributed by atoms with E-state index in [0.717, 1.165) is 30.5 Å². The number of nitrogens with two attached hydrogens (primary N) is 1. The minimum Gasteiger partial charge on any atom is -0.356 e. The Morgan fingerprint density at radius 1 is 1.30 bits per heavy atom. The summed E-state index contributed by atoms with van der Waals surface area (Å²) in [5.41, 5.74) is 9.56. The SMILES string of the molecule is CCCC1CCCN(c2nc(C)cc(C)c2CN)CC1. The highest BCUT2D eigenvalue weighted by Crippen LogP contribution is 2.28. The van der Waals surface area contributed by atoms with E-state index in [-0.39, 0.29) is 0 Å². The van der Waals surface area contributed by atoms with Gasteiger partial charge in [0.25, 0.3) is 0 Å². The molecule has 1 aliphatic rings. The lowest BCUT2D eigenvalue weighted by Gasteiger charge is -2.25. The molecule has 1 aliphatic heterocycles. The first-order valence-corrected chi connectivity index (χ1v) is 8.07. The quantitative estimate of drug-likeness (QED) is 0.913. The lowest BCUT2D eigenvalue weighted by Crippen LogP contribution is -2.27. The average Bonchev–Trinajstić information content (AvgIpc) is 2.64. The third-order valence-electron chi connectivity index (χ3n) is 4.50. The topological polar surface area (TPSA) is 42.2 Å². The fraction of sp³-hybridized carbons (Fsp3) is 0.706. The van der Waals surface area contributed by atoms with Crippen molar-refractivity contribution in [1.29, 1.82) is 0 Å². The summed E-state index contributed by atoms with van der Waals surface area (Å²) < 4.78 is 0. The predicted octanol–water partition coefficient (Wildman–Crippen LogP) is 3.56. The molecule has 20 heavy (non-hydrogen) atoms. The van der Waals surface area contributed by atoms with Gasteiger partial charge < -0.3 is 10.6 Å². The lowest BCUT2D eigenvalue weighted by atomic mass is 9.96. The molecule has 1 atom stereocenters. The largest absolute Gasteiger partial charge is 0.356 e. The van der Waals surface area contributed by atoms with Crippen molar-refractivity contribution in [3.8, 4) is 0 Å². The standard InChI is InChI=1S/C17H29N3/c1-4-6-15-7-5-9-20(10-8-15)17-16(12-18)13(2)11-14(3)19-17/h11,15H,4-10,12,18H2,1-3H3. The zero-order chi connectivity index (χ0) is 14.5. The van der Waals surface area contributed by atoms with E-state index in [4.69, 9.17) is 10.7 Å². The number of aryl methyl sites for hydroxylation is 2. The summed E-state index contributed by atoms with van der Waals surface area (Å²) in [4.78, 5) is 7.26. The fourth-order valence-electron chi connectivity index (χ4n) is 3.43. The molecule has 1 fully saturated rings. The Balaban J connectivity index is 2.19. The molecule has 0 amide bonds. The monoisotopic (exact) mass is 275 g/mol. The molecule has 0 saturated carbocycles. The van der Waals surface area contributed by atoms with Crippen LogP contribution in [0.1, 0.15) is 55.8 Å². The van der Waals surface area contributed by atoms with Gasteiger partial charge in [-0.1, -0.05) is 19.8 Å². The molecule has 0 radical (unpaired) electrons. The van der Waals surface area contributed by atoms with Crippen LogP contribution in [0.3, 0.4) is 0 Å². The van der Waals surface area contributed by atoms with E-state index >= 15 is 0 Å². The van der Waals surface area contributed by atoms with Crippen molar-refractivity contribution in [1.82, 2.24) is 4.98 Å². The van der Waals surface area contributed by atoms with Gasteiger partial charge in [-0.2, -0.15) is 0 Å². The van der Waals surface area contributed by atoms with Crippen LogP contribution in [0.4, 0.5) is 5.82 Å². The summed E-state index contributed by atoms with van der Waals surface area (Å²) in [7, 11) is 0. The van der Waals surface area contributed by atoms with Gasteiger partial charge in [0.2, 0.25) is 0 Å². The third kappa shape index (κ3) is 3.51. The lowest BCUT2D eigenvalue weighted by molar-refractivity contribution is 0.435. The Labute approximate surface area is 123 Å². The number of nitrogens with zero attached hydrogens (tertiary/aromatic N) is 2. The highest BCUT2D eigenvalue weighted by molar-refractivity contribution is 5.51. The molecule has 112 valence electrons. The first kappa shape index (κ1) is 15.3. The van der Waals surface area contributed by atoms with Gasteiger partial charge in [0.1, 0.15) is 5.82 Å². The summed E-state index contributed by atoms with van der Waals surface area (Å²) in [6.07, 6.45) is 6.63. The average molecular weight is 275 g/mol. The minimum atomic E-state index is 0.587. The molecule has 0 aromatic carbocycles. The number of rotatable bonds is 4. The van der Waals surface area contributed by atoms with E-state index in [1.54, 1.807) is 0 Å². The van der Waals surface area contributed by atoms with E-state index in [0.29, 0.717) is 6.54 Å². The maximum absolute atomic E-state index is 5.96. The number of aromatic nitrogens is 1.